The van der Waals surface area contributed by atoms with Gasteiger partial charge in [0.2, 0.25) is 0 Å². The monoisotopic (exact) mass is 601 g/mol. The maximum absolute atomic E-state index is 10.1. The summed E-state index contributed by atoms with van der Waals surface area (Å²) in [5.41, 5.74) is -5.95. The van der Waals surface area contributed by atoms with Crippen LogP contribution in [0.15, 0.2) is 0 Å². The number of aliphatic hydroxyl groups is 2. The zero-order valence-corrected chi connectivity index (χ0v) is 25.9. The first kappa shape index (κ1) is 49.0. The molecule has 190 valence electrons. The number of carboxylic acids is 7. The maximum Gasteiger partial charge on any atom is 2.00 e. The van der Waals surface area contributed by atoms with Crippen molar-refractivity contribution in [3.8, 4) is 0 Å². The molecule has 0 bridgehead atoms. The molecular weight excluding hydrogens is 582 g/mol. The molecule has 0 saturated heterocycles. The Bertz CT molecular complexity index is 674. The molecule has 0 aromatic carbocycles. The molecule has 20 heteroatoms. The normalized spacial score (nSPS) is 9.69. The van der Waals surface area contributed by atoms with Gasteiger partial charge in [0, 0.05) is 49.6 Å². The van der Waals surface area contributed by atoms with Crippen molar-refractivity contribution in [1.82, 2.24) is 4.90 Å². The molecule has 0 amide bonds. The predicted octanol–water partition coefficient (Wildman–Crippen LogP) is -12.0. The van der Waals surface area contributed by atoms with Crippen LogP contribution < -0.4 is 30.6 Å². The van der Waals surface area contributed by atoms with E-state index in [1.165, 1.54) is 0 Å². The van der Waals surface area contributed by atoms with Gasteiger partial charge in [-0.25, -0.2) is 0 Å². The topological polar surface area (TPSA) is 322 Å². The van der Waals surface area contributed by atoms with E-state index in [-0.39, 0.29) is 120 Å². The summed E-state index contributed by atoms with van der Waals surface area (Å²) in [5, 5.41) is 85.9. The molecule has 36 heavy (non-hydrogen) atoms. The molecule has 0 aliphatic carbocycles. The number of nitrogens with zero attached hydrogens (tertiary/aromatic N) is 1. The number of carboxylic acid groups (broad SMARTS) is 7. The number of hydrogen-bond acceptors (Lipinski definition) is 16. The average molecular weight is 602 g/mol. The molecule has 0 aliphatic rings. The van der Waals surface area contributed by atoms with Gasteiger partial charge in [0.1, 0.15) is 11.2 Å². The van der Waals surface area contributed by atoms with Crippen molar-refractivity contribution in [2.24, 2.45) is 0 Å². The Morgan fingerprint density at radius 2 is 0.778 bits per heavy atom. The number of rotatable bonds is 12. The maximum atomic E-state index is 10.1. The number of likely N-dealkylation sites (N-methyl/N-ethyl adjacent to an activating group) is 1. The van der Waals surface area contributed by atoms with Crippen molar-refractivity contribution in [1.29, 1.82) is 0 Å². The molecule has 0 aromatic heterocycles. The zero-order valence-electron chi connectivity index (χ0n) is 19.3. The molecule has 0 heterocycles. The van der Waals surface area contributed by atoms with Crippen LogP contribution in [0.1, 0.15) is 25.7 Å². The Kier molecular flexibility index (Phi) is 32.7. The van der Waals surface area contributed by atoms with Gasteiger partial charge >= 0.3 is 119 Å². The molecule has 0 rings (SSSR count). The van der Waals surface area contributed by atoms with Crippen LogP contribution in [0.3, 0.4) is 0 Å². The minimum atomic E-state index is -2.97. The molecule has 3 N–H and O–H groups in total. The fourth-order valence-corrected chi connectivity index (χ4v) is 1.64. The first-order chi connectivity index (χ1) is 14.7. The van der Waals surface area contributed by atoms with Crippen LogP contribution in [0.4, 0.5) is 0 Å². The molecule has 0 fully saturated rings. The summed E-state index contributed by atoms with van der Waals surface area (Å²) in [6.45, 7) is 0.111. The molecule has 0 unspecified atom stereocenters. The van der Waals surface area contributed by atoms with Crippen molar-refractivity contribution < 1.29 is 79.5 Å². The molecular formula is C16H19Ca3NO16. The van der Waals surface area contributed by atoms with Gasteiger partial charge in [-0.05, 0) is 14.1 Å². The van der Waals surface area contributed by atoms with Gasteiger partial charge in [0.05, 0.1) is 18.5 Å². The summed E-state index contributed by atoms with van der Waals surface area (Å²) < 4.78 is 0. The quantitative estimate of drug-likeness (QED) is 0.175. The van der Waals surface area contributed by atoms with Crippen molar-refractivity contribution in [2.75, 3.05) is 20.6 Å². The summed E-state index contributed by atoms with van der Waals surface area (Å²) in [5.74, 6) is -12.8. The van der Waals surface area contributed by atoms with Crippen LogP contribution in [0, 0.1) is 0 Å². The van der Waals surface area contributed by atoms with E-state index >= 15 is 0 Å². The Balaban J connectivity index is -0.0000000938. The van der Waals surface area contributed by atoms with Crippen LogP contribution in [0.5, 0.6) is 0 Å². The standard InChI is InChI=1S/2C6H8O7.C4H9NO2.3Ca/c2*7-3(8)1-6(13,5(11)12)2-4(9)10;1-5(2)3-4(6)7;;;/h2*13H,1-2H2,(H,7,8)(H,9,10)(H,11,12);3H2,1-2H3,(H,6,7);;;/q;;;3*+2/p-6. The average Bonchev–Trinajstić information content (AvgIpc) is 2.50. The van der Waals surface area contributed by atoms with Crippen molar-refractivity contribution in [3.05, 3.63) is 0 Å². The van der Waals surface area contributed by atoms with Gasteiger partial charge in [-0.2, -0.15) is 0 Å². The van der Waals surface area contributed by atoms with Gasteiger partial charge in [0.25, 0.3) is 0 Å². The second-order valence-electron chi connectivity index (χ2n) is 6.46. The van der Waals surface area contributed by atoms with Crippen LogP contribution in [0.2, 0.25) is 0 Å². The minimum absolute atomic E-state index is 0. The molecule has 0 aromatic rings. The summed E-state index contributed by atoms with van der Waals surface area (Å²) >= 11 is 0. The van der Waals surface area contributed by atoms with Gasteiger partial charge < -0.3 is 74.7 Å². The van der Waals surface area contributed by atoms with Crippen molar-refractivity contribution in [3.63, 3.8) is 0 Å². The van der Waals surface area contributed by atoms with Crippen LogP contribution in [-0.2, 0) is 33.6 Å². The van der Waals surface area contributed by atoms with Gasteiger partial charge in [-0.15, -0.1) is 0 Å². The second kappa shape index (κ2) is 24.0. The molecule has 0 spiro atoms. The summed E-state index contributed by atoms with van der Waals surface area (Å²) in [4.78, 5) is 71.4. The van der Waals surface area contributed by atoms with E-state index in [2.05, 4.69) is 0 Å². The Labute approximate surface area is 293 Å². The SMILES string of the molecule is CN(C)CC(=O)O.O=C([O-])CC(O)(CC(=O)[O-])C(=O)[O-].O=C([O-])CC(O)(CC(=O)[O-])C(=O)[O-].[Ca+2].[Ca+2].[Ca+2]. The summed E-state index contributed by atoms with van der Waals surface area (Å²) in [6, 6.07) is 0. The van der Waals surface area contributed by atoms with E-state index in [0.717, 1.165) is 0 Å². The van der Waals surface area contributed by atoms with E-state index in [0.29, 0.717) is 0 Å². The number of hydrogen-bond donors (Lipinski definition) is 3. The number of aliphatic carboxylic acids is 7. The first-order valence-electron chi connectivity index (χ1n) is 8.22. The molecule has 0 aliphatic heterocycles. The van der Waals surface area contributed by atoms with Crippen LogP contribution in [-0.4, -0.2) is 207 Å². The largest absolute Gasteiger partial charge is 2.00 e. The van der Waals surface area contributed by atoms with E-state index in [1.807, 2.05) is 0 Å². The van der Waals surface area contributed by atoms with Gasteiger partial charge in [-0.3, -0.25) is 9.69 Å². The van der Waals surface area contributed by atoms with Gasteiger partial charge in [0.15, 0.2) is 0 Å². The Hall–Kier alpha value is -0.0508. The third-order valence-electron chi connectivity index (χ3n) is 2.96. The molecule has 0 saturated carbocycles. The summed E-state index contributed by atoms with van der Waals surface area (Å²) in [6.07, 6.45) is -5.43. The smallest absolute Gasteiger partial charge is 0.550 e. The fraction of sp³-hybridized carbons (Fsp3) is 0.562. The van der Waals surface area contributed by atoms with E-state index in [1.54, 1.807) is 19.0 Å². The molecule has 0 radical (unpaired) electrons. The van der Waals surface area contributed by atoms with Crippen molar-refractivity contribution in [2.45, 2.75) is 36.9 Å². The Morgan fingerprint density at radius 1 is 0.583 bits per heavy atom. The Morgan fingerprint density at radius 3 is 0.833 bits per heavy atom. The number of carbonyl (C=O) groups excluding carboxylic acids is 6. The third kappa shape index (κ3) is 28.5. The van der Waals surface area contributed by atoms with Crippen LogP contribution in [0.25, 0.3) is 0 Å². The molecule has 17 nitrogen and oxygen atoms in total. The van der Waals surface area contributed by atoms with E-state index in [9.17, 15) is 64.2 Å². The van der Waals surface area contributed by atoms with E-state index in [4.69, 9.17) is 15.3 Å². The zero-order chi connectivity index (χ0) is 27.2. The predicted molar refractivity (Wildman–Crippen MR) is 102 cm³/mol. The van der Waals surface area contributed by atoms with Crippen LogP contribution >= 0.6 is 0 Å². The summed E-state index contributed by atoms with van der Waals surface area (Å²) in [7, 11) is 3.43. The van der Waals surface area contributed by atoms with E-state index < -0.39 is 78.7 Å². The van der Waals surface area contributed by atoms with Gasteiger partial charge in [-0.1, -0.05) is 0 Å². The van der Waals surface area contributed by atoms with Crippen molar-refractivity contribution >= 4 is 155 Å². The first-order valence-corrected chi connectivity index (χ1v) is 8.22. The molecule has 0 atom stereocenters. The second-order valence-corrected chi connectivity index (χ2v) is 6.46. The third-order valence-corrected chi connectivity index (χ3v) is 2.96. The minimum Gasteiger partial charge on any atom is -0.550 e. The fourth-order valence-electron chi connectivity index (χ4n) is 1.64. The number of carbonyl (C=O) groups is 7.